The maximum atomic E-state index is 12.3. The molecule has 2 aromatic rings. The molecule has 3 rings (SSSR count). The van der Waals surface area contributed by atoms with Gasteiger partial charge in [-0.25, -0.2) is 9.67 Å². The van der Waals surface area contributed by atoms with Gasteiger partial charge in [-0.2, -0.15) is 0 Å². The molecule has 1 aliphatic rings. The Bertz CT molecular complexity index is 816. The SMILES string of the molecule is CC(NC(=O)CC1CCCCC1)C(=O)Nc1ncn(Cc2cccc(Br)c2)n1. The summed E-state index contributed by atoms with van der Waals surface area (Å²) < 4.78 is 2.65. The molecular formula is C20H26BrN5O2. The molecule has 1 atom stereocenters. The Morgan fingerprint density at radius 3 is 2.82 bits per heavy atom. The van der Waals surface area contributed by atoms with Gasteiger partial charge in [0.15, 0.2) is 0 Å². The molecular weight excluding hydrogens is 422 g/mol. The van der Waals surface area contributed by atoms with Gasteiger partial charge in [-0.1, -0.05) is 47.3 Å². The average molecular weight is 448 g/mol. The number of carbonyl (C=O) groups is 2. The van der Waals surface area contributed by atoms with Crippen molar-refractivity contribution in [2.24, 2.45) is 5.92 Å². The molecule has 1 saturated carbocycles. The van der Waals surface area contributed by atoms with Gasteiger partial charge in [0.25, 0.3) is 0 Å². The first-order valence-corrected chi connectivity index (χ1v) is 10.5. The number of halogens is 1. The number of benzene rings is 1. The highest BCUT2D eigenvalue weighted by molar-refractivity contribution is 9.10. The zero-order chi connectivity index (χ0) is 19.9. The first-order chi connectivity index (χ1) is 13.5. The molecule has 0 bridgehead atoms. The minimum absolute atomic E-state index is 0.0670. The molecule has 28 heavy (non-hydrogen) atoms. The number of hydrogen-bond acceptors (Lipinski definition) is 4. The van der Waals surface area contributed by atoms with Gasteiger partial charge in [-0.15, -0.1) is 5.10 Å². The van der Waals surface area contributed by atoms with Gasteiger partial charge < -0.3 is 5.32 Å². The third-order valence-electron chi connectivity index (χ3n) is 4.97. The Morgan fingerprint density at radius 1 is 1.29 bits per heavy atom. The molecule has 1 aromatic carbocycles. The van der Waals surface area contributed by atoms with Crippen LogP contribution < -0.4 is 10.6 Å². The molecule has 2 amide bonds. The van der Waals surface area contributed by atoms with Crippen LogP contribution in [0.5, 0.6) is 0 Å². The van der Waals surface area contributed by atoms with Gasteiger partial charge in [-0.05, 0) is 43.4 Å². The standard InChI is InChI=1S/C20H26BrN5O2/c1-14(23-18(27)11-15-6-3-2-4-7-15)19(28)24-20-22-13-26(25-20)12-16-8-5-9-17(21)10-16/h5,8-10,13-15H,2-4,6-7,11-12H2,1H3,(H,23,27)(H,24,25,28). The Kier molecular flexibility index (Phi) is 7.19. The molecule has 1 unspecified atom stereocenters. The maximum absolute atomic E-state index is 12.3. The summed E-state index contributed by atoms with van der Waals surface area (Å²) in [6, 6.07) is 7.28. The van der Waals surface area contributed by atoms with Crippen LogP contribution in [0.2, 0.25) is 0 Å². The van der Waals surface area contributed by atoms with Crippen molar-refractivity contribution in [1.29, 1.82) is 0 Å². The van der Waals surface area contributed by atoms with Crippen molar-refractivity contribution >= 4 is 33.7 Å². The fourth-order valence-electron chi connectivity index (χ4n) is 3.49. The molecule has 0 saturated heterocycles. The number of hydrogen-bond donors (Lipinski definition) is 2. The summed E-state index contributed by atoms with van der Waals surface area (Å²) in [5.74, 6) is 0.285. The smallest absolute Gasteiger partial charge is 0.249 e. The monoisotopic (exact) mass is 447 g/mol. The highest BCUT2D eigenvalue weighted by atomic mass is 79.9. The van der Waals surface area contributed by atoms with Crippen LogP contribution in [0.4, 0.5) is 5.95 Å². The minimum Gasteiger partial charge on any atom is -0.345 e. The lowest BCUT2D eigenvalue weighted by molar-refractivity contribution is -0.127. The van der Waals surface area contributed by atoms with Crippen molar-refractivity contribution in [1.82, 2.24) is 20.1 Å². The molecule has 0 radical (unpaired) electrons. The van der Waals surface area contributed by atoms with Crippen LogP contribution in [0, 0.1) is 5.92 Å². The Morgan fingerprint density at radius 2 is 2.07 bits per heavy atom. The number of nitrogens with zero attached hydrogens (tertiary/aromatic N) is 3. The zero-order valence-corrected chi connectivity index (χ0v) is 17.6. The summed E-state index contributed by atoms with van der Waals surface area (Å²) in [6.07, 6.45) is 7.93. The molecule has 1 heterocycles. The molecule has 150 valence electrons. The number of anilines is 1. The fourth-order valence-corrected chi connectivity index (χ4v) is 3.93. The molecule has 8 heteroatoms. The topological polar surface area (TPSA) is 88.9 Å². The normalized spacial score (nSPS) is 15.8. The van der Waals surface area contributed by atoms with E-state index >= 15 is 0 Å². The minimum atomic E-state index is -0.631. The van der Waals surface area contributed by atoms with Gasteiger partial charge in [0, 0.05) is 10.9 Å². The highest BCUT2D eigenvalue weighted by Gasteiger charge is 2.21. The summed E-state index contributed by atoms with van der Waals surface area (Å²) in [4.78, 5) is 28.6. The predicted molar refractivity (Wildman–Crippen MR) is 111 cm³/mol. The second-order valence-corrected chi connectivity index (χ2v) is 8.30. The predicted octanol–water partition coefficient (Wildman–Crippen LogP) is 3.50. The van der Waals surface area contributed by atoms with Crippen LogP contribution in [0.15, 0.2) is 35.1 Å². The van der Waals surface area contributed by atoms with E-state index in [0.29, 0.717) is 18.9 Å². The summed E-state index contributed by atoms with van der Waals surface area (Å²) in [5, 5.41) is 9.72. The van der Waals surface area contributed by atoms with Gasteiger partial charge >= 0.3 is 0 Å². The Hall–Kier alpha value is -2.22. The van der Waals surface area contributed by atoms with E-state index in [9.17, 15) is 9.59 Å². The van der Waals surface area contributed by atoms with Gasteiger partial charge in [0.2, 0.25) is 17.8 Å². The van der Waals surface area contributed by atoms with Crippen LogP contribution in [0.25, 0.3) is 0 Å². The Labute approximate surface area is 173 Å². The van der Waals surface area contributed by atoms with E-state index in [-0.39, 0.29) is 17.8 Å². The van der Waals surface area contributed by atoms with Crippen molar-refractivity contribution < 1.29 is 9.59 Å². The van der Waals surface area contributed by atoms with E-state index in [1.54, 1.807) is 17.9 Å². The van der Waals surface area contributed by atoms with Crippen molar-refractivity contribution in [3.8, 4) is 0 Å². The number of aromatic nitrogens is 3. The molecule has 1 fully saturated rings. The van der Waals surface area contributed by atoms with Gasteiger partial charge in [0.1, 0.15) is 12.4 Å². The van der Waals surface area contributed by atoms with E-state index in [2.05, 4.69) is 36.6 Å². The van der Waals surface area contributed by atoms with Gasteiger partial charge in [-0.3, -0.25) is 14.9 Å². The molecule has 7 nitrogen and oxygen atoms in total. The molecule has 1 aromatic heterocycles. The lowest BCUT2D eigenvalue weighted by atomic mass is 9.87. The van der Waals surface area contributed by atoms with E-state index in [4.69, 9.17) is 0 Å². The third-order valence-corrected chi connectivity index (χ3v) is 5.47. The number of carbonyl (C=O) groups excluding carboxylic acids is 2. The summed E-state index contributed by atoms with van der Waals surface area (Å²) in [7, 11) is 0. The molecule has 1 aliphatic carbocycles. The summed E-state index contributed by atoms with van der Waals surface area (Å²) in [6.45, 7) is 2.22. The number of nitrogens with one attached hydrogen (secondary N) is 2. The molecule has 2 N–H and O–H groups in total. The lowest BCUT2D eigenvalue weighted by Crippen LogP contribution is -2.42. The quantitative estimate of drug-likeness (QED) is 0.679. The van der Waals surface area contributed by atoms with Crippen LogP contribution in [-0.2, 0) is 16.1 Å². The van der Waals surface area contributed by atoms with Gasteiger partial charge in [0.05, 0.1) is 6.54 Å². The maximum Gasteiger partial charge on any atom is 0.249 e. The molecule has 0 aliphatic heterocycles. The Balaban J connectivity index is 1.47. The average Bonchev–Trinajstić information content (AvgIpc) is 3.09. The van der Waals surface area contributed by atoms with Crippen LogP contribution in [0.1, 0.15) is 51.0 Å². The fraction of sp³-hybridized carbons (Fsp3) is 0.500. The lowest BCUT2D eigenvalue weighted by Gasteiger charge is -2.21. The van der Waals surface area contributed by atoms with Crippen molar-refractivity contribution in [3.63, 3.8) is 0 Å². The second kappa shape index (κ2) is 9.82. The zero-order valence-electron chi connectivity index (χ0n) is 16.0. The third kappa shape index (κ3) is 6.15. The van der Waals surface area contributed by atoms with E-state index < -0.39 is 6.04 Å². The van der Waals surface area contributed by atoms with Crippen molar-refractivity contribution in [2.45, 2.75) is 58.0 Å². The second-order valence-electron chi connectivity index (χ2n) is 7.38. The van der Waals surface area contributed by atoms with Crippen molar-refractivity contribution in [3.05, 3.63) is 40.6 Å². The molecule has 0 spiro atoms. The largest absolute Gasteiger partial charge is 0.345 e. The number of rotatable bonds is 7. The number of amides is 2. The van der Waals surface area contributed by atoms with Crippen molar-refractivity contribution in [2.75, 3.05) is 5.32 Å². The first-order valence-electron chi connectivity index (χ1n) is 9.73. The highest BCUT2D eigenvalue weighted by Crippen LogP contribution is 2.26. The van der Waals surface area contributed by atoms with E-state index in [1.807, 2.05) is 24.3 Å². The van der Waals surface area contributed by atoms with E-state index in [1.165, 1.54) is 19.3 Å². The van der Waals surface area contributed by atoms with Crippen LogP contribution in [0.3, 0.4) is 0 Å². The summed E-state index contributed by atoms with van der Waals surface area (Å²) in [5.41, 5.74) is 1.07. The van der Waals surface area contributed by atoms with Crippen LogP contribution >= 0.6 is 15.9 Å². The first kappa shape index (κ1) is 20.5. The van der Waals surface area contributed by atoms with Crippen LogP contribution in [-0.4, -0.2) is 32.6 Å². The summed E-state index contributed by atoms with van der Waals surface area (Å²) >= 11 is 3.44. The van der Waals surface area contributed by atoms with E-state index in [0.717, 1.165) is 22.9 Å².